The molecule has 18 heteroatoms. The molecule has 3 aromatic heterocycles. The van der Waals surface area contributed by atoms with E-state index in [0.29, 0.717) is 30.1 Å². The van der Waals surface area contributed by atoms with E-state index in [2.05, 4.69) is 36.2 Å². The number of nitrogens with one attached hydrogen (secondary N) is 1. The molecule has 2 aliphatic heterocycles. The number of amides is 1. The van der Waals surface area contributed by atoms with Gasteiger partial charge in [-0.3, -0.25) is 9.59 Å². The maximum Gasteiger partial charge on any atom is 0.315 e. The average Bonchev–Trinajstić information content (AvgIpc) is 3.98. The van der Waals surface area contributed by atoms with Crippen LogP contribution in [0.5, 0.6) is 23.0 Å². The first-order valence-electron chi connectivity index (χ1n) is 18.2. The van der Waals surface area contributed by atoms with Crippen LogP contribution >= 0.6 is 0 Å². The SMILES string of the molecule is FC(F)c1nnc(-c2cnc(CC3(c4ccc5c(c4)OCO5)CCC3)nc2)o1.O=C(CNC(=O)C(F)F)c1cnc(CC2(c3ccc4c(c3)OCO4)CCC2)nc1. The molecule has 5 heterocycles. The van der Waals surface area contributed by atoms with Gasteiger partial charge in [-0.2, -0.15) is 17.6 Å². The van der Waals surface area contributed by atoms with Crippen molar-refractivity contribution in [2.45, 2.75) is 75.0 Å². The molecule has 9 rings (SSSR count). The number of benzene rings is 2. The first kappa shape index (κ1) is 37.7. The number of ketones is 1. The number of Topliss-reactive ketones (excluding diaryl/α,β-unsaturated/α-hetero) is 1. The van der Waals surface area contributed by atoms with Crippen molar-refractivity contribution in [3.8, 4) is 34.5 Å². The van der Waals surface area contributed by atoms with Crippen molar-refractivity contribution >= 4 is 11.7 Å². The van der Waals surface area contributed by atoms with E-state index in [0.717, 1.165) is 67.1 Å². The fourth-order valence-electron chi connectivity index (χ4n) is 7.33. The van der Waals surface area contributed by atoms with Crippen LogP contribution in [0.15, 0.2) is 65.6 Å². The van der Waals surface area contributed by atoms with E-state index in [1.165, 1.54) is 30.4 Å². The zero-order valence-electron chi connectivity index (χ0n) is 30.3. The number of aromatic nitrogens is 6. The Kier molecular flexibility index (Phi) is 10.4. The van der Waals surface area contributed by atoms with Gasteiger partial charge in [0.05, 0.1) is 17.7 Å². The second-order valence-electron chi connectivity index (χ2n) is 14.2. The number of hydrogen-bond acceptors (Lipinski definition) is 13. The first-order chi connectivity index (χ1) is 27.6. The molecule has 296 valence electrons. The van der Waals surface area contributed by atoms with Crippen LogP contribution in [-0.2, 0) is 28.5 Å². The standard InChI is InChI=1S/C20H19F2N3O4.C19H16F2N4O3/c21-18(22)19(27)25-10-14(26)12-8-23-17(24-9-12)7-20(4-1-5-20)13-2-3-15-16(6-13)29-11-28-15;20-16(21)18-25-24-17(28-18)11-8-22-15(23-9-11)7-19(4-1-5-19)12-2-3-13-14(6-12)27-10-26-13/h2-3,6,8-9,18H,1,4-5,7,10-11H2,(H,25,27);2-3,6,8-9,16H,1,4-5,7,10H2. The van der Waals surface area contributed by atoms with Crippen LogP contribution in [0.1, 0.15) is 84.0 Å². The van der Waals surface area contributed by atoms with Crippen LogP contribution in [-0.4, -0.2) is 68.4 Å². The molecule has 0 atom stereocenters. The number of hydrogen-bond donors (Lipinski definition) is 1. The average molecular weight is 790 g/mol. The molecule has 4 aliphatic rings. The molecule has 1 amide bonds. The number of carbonyl (C=O) groups is 2. The van der Waals surface area contributed by atoms with Crippen LogP contribution in [0.25, 0.3) is 11.5 Å². The molecule has 0 bridgehead atoms. The van der Waals surface area contributed by atoms with Crippen molar-refractivity contribution < 1.29 is 50.5 Å². The van der Waals surface area contributed by atoms with Gasteiger partial charge in [-0.05, 0) is 61.1 Å². The van der Waals surface area contributed by atoms with Gasteiger partial charge in [0.15, 0.2) is 28.8 Å². The zero-order valence-corrected chi connectivity index (χ0v) is 30.3. The number of halogens is 4. The number of rotatable bonds is 12. The molecule has 2 saturated carbocycles. The van der Waals surface area contributed by atoms with Gasteiger partial charge in [0.25, 0.3) is 17.7 Å². The Morgan fingerprint density at radius 2 is 1.19 bits per heavy atom. The smallest absolute Gasteiger partial charge is 0.315 e. The first-order valence-corrected chi connectivity index (χ1v) is 18.2. The quantitative estimate of drug-likeness (QED) is 0.110. The lowest BCUT2D eigenvalue weighted by Crippen LogP contribution is -2.37. The molecule has 14 nitrogen and oxygen atoms in total. The Hall–Kier alpha value is -6.20. The van der Waals surface area contributed by atoms with E-state index in [1.54, 1.807) is 0 Å². The van der Waals surface area contributed by atoms with Crippen LogP contribution < -0.4 is 24.3 Å². The Morgan fingerprint density at radius 3 is 1.65 bits per heavy atom. The summed E-state index contributed by atoms with van der Waals surface area (Å²) in [6.07, 6.45) is 7.44. The highest BCUT2D eigenvalue weighted by Gasteiger charge is 2.41. The van der Waals surface area contributed by atoms with Gasteiger partial charge in [0.2, 0.25) is 13.6 Å². The number of fused-ring (bicyclic) bond motifs is 2. The highest BCUT2D eigenvalue weighted by atomic mass is 19.3. The molecule has 2 aromatic carbocycles. The van der Waals surface area contributed by atoms with Gasteiger partial charge in [-0.25, -0.2) is 19.9 Å². The molecule has 0 radical (unpaired) electrons. The third-order valence-electron chi connectivity index (χ3n) is 10.8. The lowest BCUT2D eigenvalue weighted by atomic mass is 9.62. The van der Waals surface area contributed by atoms with E-state index < -0.39 is 37.0 Å². The second kappa shape index (κ2) is 15.7. The van der Waals surface area contributed by atoms with E-state index in [1.807, 2.05) is 35.6 Å². The van der Waals surface area contributed by atoms with Crippen molar-refractivity contribution in [3.63, 3.8) is 0 Å². The highest BCUT2D eigenvalue weighted by molar-refractivity contribution is 5.99. The third kappa shape index (κ3) is 7.93. The second-order valence-corrected chi connectivity index (χ2v) is 14.2. The van der Waals surface area contributed by atoms with Crippen LogP contribution in [0.2, 0.25) is 0 Å². The minimum absolute atomic E-state index is 0.0176. The minimum atomic E-state index is -3.16. The van der Waals surface area contributed by atoms with Crippen molar-refractivity contribution in [2.24, 2.45) is 0 Å². The molecule has 0 spiro atoms. The summed E-state index contributed by atoms with van der Waals surface area (Å²) in [7, 11) is 0. The molecule has 0 unspecified atom stereocenters. The fourth-order valence-corrected chi connectivity index (χ4v) is 7.33. The normalized spacial score (nSPS) is 16.7. The lowest BCUT2D eigenvalue weighted by molar-refractivity contribution is -0.131. The molecule has 1 N–H and O–H groups in total. The largest absolute Gasteiger partial charge is 0.454 e. The minimum Gasteiger partial charge on any atom is -0.454 e. The van der Waals surface area contributed by atoms with Gasteiger partial charge in [-0.15, -0.1) is 10.2 Å². The fraction of sp³-hybridized carbons (Fsp3) is 0.385. The summed E-state index contributed by atoms with van der Waals surface area (Å²) in [5.74, 6) is 1.54. The Morgan fingerprint density at radius 1 is 0.684 bits per heavy atom. The molecule has 2 aliphatic carbocycles. The van der Waals surface area contributed by atoms with Crippen molar-refractivity contribution in [1.82, 2.24) is 35.5 Å². The Labute approximate surface area is 322 Å². The van der Waals surface area contributed by atoms with E-state index >= 15 is 0 Å². The maximum absolute atomic E-state index is 12.6. The summed E-state index contributed by atoms with van der Waals surface area (Å²) in [4.78, 5) is 40.2. The maximum atomic E-state index is 12.6. The van der Waals surface area contributed by atoms with Crippen LogP contribution in [0.3, 0.4) is 0 Å². The highest BCUT2D eigenvalue weighted by Crippen LogP contribution is 2.49. The van der Waals surface area contributed by atoms with E-state index in [9.17, 15) is 27.2 Å². The summed E-state index contributed by atoms with van der Waals surface area (Å²) in [6.45, 7) is -0.0471. The van der Waals surface area contributed by atoms with Gasteiger partial charge in [0.1, 0.15) is 11.6 Å². The van der Waals surface area contributed by atoms with Gasteiger partial charge in [0, 0.05) is 48.5 Å². The predicted molar refractivity (Wildman–Crippen MR) is 189 cm³/mol. The molecular weight excluding hydrogens is 754 g/mol. The topological polar surface area (TPSA) is 174 Å². The Bertz CT molecular complexity index is 2250. The summed E-state index contributed by atoms with van der Waals surface area (Å²) in [5.41, 5.74) is 2.79. The zero-order chi connectivity index (χ0) is 39.6. The molecule has 57 heavy (non-hydrogen) atoms. The van der Waals surface area contributed by atoms with Crippen molar-refractivity contribution in [2.75, 3.05) is 20.1 Å². The number of ether oxygens (including phenoxy) is 4. The molecule has 2 fully saturated rings. The molecule has 0 saturated heterocycles. The lowest BCUT2D eigenvalue weighted by Gasteiger charge is -2.42. The predicted octanol–water partition coefficient (Wildman–Crippen LogP) is 6.29. The van der Waals surface area contributed by atoms with Crippen LogP contribution in [0, 0.1) is 0 Å². The third-order valence-corrected chi connectivity index (χ3v) is 10.8. The summed E-state index contributed by atoms with van der Waals surface area (Å²) in [6, 6.07) is 12.0. The van der Waals surface area contributed by atoms with Crippen molar-refractivity contribution in [3.05, 3.63) is 95.4 Å². The number of alkyl halides is 4. The number of nitrogens with zero attached hydrogens (tertiary/aromatic N) is 6. The Balaban J connectivity index is 0.000000160. The van der Waals surface area contributed by atoms with Crippen molar-refractivity contribution in [1.29, 1.82) is 0 Å². The van der Waals surface area contributed by atoms with E-state index in [4.69, 9.17) is 23.4 Å². The summed E-state index contributed by atoms with van der Waals surface area (Å²) in [5, 5.41) is 8.82. The summed E-state index contributed by atoms with van der Waals surface area (Å²) >= 11 is 0. The van der Waals surface area contributed by atoms with E-state index in [-0.39, 0.29) is 35.9 Å². The van der Waals surface area contributed by atoms with Gasteiger partial charge < -0.3 is 28.7 Å². The van der Waals surface area contributed by atoms with Crippen LogP contribution in [0.4, 0.5) is 17.6 Å². The van der Waals surface area contributed by atoms with Gasteiger partial charge >= 0.3 is 12.9 Å². The molecular formula is C39H35F4N7O7. The van der Waals surface area contributed by atoms with Gasteiger partial charge in [-0.1, -0.05) is 25.0 Å². The monoisotopic (exact) mass is 789 g/mol. The number of carbonyl (C=O) groups excluding carboxylic acids is 2. The molecule has 5 aromatic rings. The summed E-state index contributed by atoms with van der Waals surface area (Å²) < 4.78 is 76.2.